The molecule has 0 aliphatic heterocycles. The van der Waals surface area contributed by atoms with Crippen molar-refractivity contribution < 1.29 is 29.0 Å². The Labute approximate surface area is 192 Å². The number of ether oxygens (including phenoxy) is 1. The third-order valence-corrected chi connectivity index (χ3v) is 4.83. The Morgan fingerprint density at radius 3 is 2.70 bits per heavy atom. The van der Waals surface area contributed by atoms with Crippen LogP contribution in [0.1, 0.15) is 67.6 Å². The Morgan fingerprint density at radius 1 is 1.27 bits per heavy atom. The van der Waals surface area contributed by atoms with Gasteiger partial charge in [-0.3, -0.25) is 10.1 Å². The first kappa shape index (κ1) is 25.5. The van der Waals surface area contributed by atoms with E-state index >= 15 is 0 Å². The van der Waals surface area contributed by atoms with Gasteiger partial charge in [-0.05, 0) is 55.5 Å². The molecule has 8 heteroatoms. The zero-order chi connectivity index (χ0) is 24.4. The maximum absolute atomic E-state index is 12.8. The number of rotatable bonds is 11. The Hall–Kier alpha value is -3.81. The van der Waals surface area contributed by atoms with Crippen LogP contribution in [-0.2, 0) is 0 Å². The van der Waals surface area contributed by atoms with Gasteiger partial charge in [0, 0.05) is 18.2 Å². The molecule has 0 saturated carbocycles. The van der Waals surface area contributed by atoms with E-state index in [0.29, 0.717) is 25.2 Å². The molecule has 0 fully saturated rings. The van der Waals surface area contributed by atoms with Crippen LogP contribution in [0.15, 0.2) is 57.4 Å². The fourth-order valence-corrected chi connectivity index (χ4v) is 3.08. The fourth-order valence-electron chi connectivity index (χ4n) is 3.08. The lowest BCUT2D eigenvalue weighted by Crippen LogP contribution is -2.16. The number of ketones is 1. The highest BCUT2D eigenvalue weighted by atomic mass is 16.5. The summed E-state index contributed by atoms with van der Waals surface area (Å²) in [4.78, 5) is 35.8. The monoisotopic (exact) mass is 455 g/mol. The minimum atomic E-state index is -1.16. The third kappa shape index (κ3) is 7.68. The molecule has 0 bridgehead atoms. The van der Waals surface area contributed by atoms with Crippen molar-refractivity contribution in [3.63, 3.8) is 0 Å². The van der Waals surface area contributed by atoms with Crippen LogP contribution in [0.4, 0.5) is 4.79 Å². The summed E-state index contributed by atoms with van der Waals surface area (Å²) in [6.07, 6.45) is 5.35. The number of carbonyl (C=O) groups excluding carboxylic acids is 1. The van der Waals surface area contributed by atoms with Gasteiger partial charge < -0.3 is 19.4 Å². The number of amides is 1. The Morgan fingerprint density at radius 2 is 2.03 bits per heavy atom. The molecular formula is C25H29NO7. The van der Waals surface area contributed by atoms with Crippen LogP contribution in [0.25, 0.3) is 6.08 Å². The van der Waals surface area contributed by atoms with Gasteiger partial charge in [-0.25, -0.2) is 9.59 Å². The van der Waals surface area contributed by atoms with Gasteiger partial charge >= 0.3 is 11.7 Å². The van der Waals surface area contributed by atoms with Crippen molar-refractivity contribution in [2.45, 2.75) is 46.0 Å². The molecular weight excluding hydrogens is 426 g/mol. The summed E-state index contributed by atoms with van der Waals surface area (Å²) in [5.41, 5.74) is -0.322. The molecule has 2 rings (SSSR count). The Bertz CT molecular complexity index is 1100. The largest absolute Gasteiger partial charge is 0.507 e. The Balaban J connectivity index is 2.16. The molecule has 8 nitrogen and oxygen atoms in total. The second-order valence-electron chi connectivity index (χ2n) is 7.60. The number of carbonyl (C=O) groups is 2. The van der Waals surface area contributed by atoms with E-state index in [2.05, 4.69) is 5.32 Å². The number of Topliss-reactive ketones (excluding diaryl/α,β-unsaturated/α-hetero) is 1. The molecule has 0 saturated heterocycles. The molecule has 1 aromatic carbocycles. The normalized spacial score (nSPS) is 12.5. The van der Waals surface area contributed by atoms with Crippen molar-refractivity contribution in [2.75, 3.05) is 6.61 Å². The van der Waals surface area contributed by atoms with E-state index in [1.807, 2.05) is 25.1 Å². The standard InChI is InChI=1S/C25H29NO7/c1-4-12-32-19-10-7-9-18(14-19)13-17(3)23(28)22-20(27)15-21(33-24(22)29)16(2)8-5-6-11-26-25(30)31/h6-7,9-11,13-16,26-27H,4-5,8,12H2,1-3H3,(H,30,31)/b11-6+,17-13+. The van der Waals surface area contributed by atoms with Gasteiger partial charge in [0.15, 0.2) is 5.78 Å². The van der Waals surface area contributed by atoms with Crippen molar-refractivity contribution in [1.82, 2.24) is 5.32 Å². The topological polar surface area (TPSA) is 126 Å². The van der Waals surface area contributed by atoms with Crippen molar-refractivity contribution in [2.24, 2.45) is 0 Å². The molecule has 1 atom stereocenters. The molecule has 0 aliphatic carbocycles. The second kappa shape index (κ2) is 12.3. The first-order valence-electron chi connectivity index (χ1n) is 10.7. The number of allylic oxidation sites excluding steroid dienone is 2. The van der Waals surface area contributed by atoms with Crippen molar-refractivity contribution >= 4 is 18.0 Å². The summed E-state index contributed by atoms with van der Waals surface area (Å²) >= 11 is 0. The van der Waals surface area contributed by atoms with E-state index < -0.39 is 28.8 Å². The van der Waals surface area contributed by atoms with Gasteiger partial charge in [0.2, 0.25) is 0 Å². The van der Waals surface area contributed by atoms with Crippen LogP contribution < -0.4 is 15.7 Å². The van der Waals surface area contributed by atoms with E-state index in [0.717, 1.165) is 12.0 Å². The lowest BCUT2D eigenvalue weighted by molar-refractivity contribution is 0.102. The number of hydrogen-bond acceptors (Lipinski definition) is 6. The maximum atomic E-state index is 12.8. The van der Waals surface area contributed by atoms with Gasteiger partial charge in [-0.15, -0.1) is 0 Å². The van der Waals surface area contributed by atoms with E-state index in [1.165, 1.54) is 12.3 Å². The first-order chi connectivity index (χ1) is 15.7. The van der Waals surface area contributed by atoms with E-state index in [4.69, 9.17) is 14.3 Å². The van der Waals surface area contributed by atoms with Crippen molar-refractivity contribution in [1.29, 1.82) is 0 Å². The van der Waals surface area contributed by atoms with Crippen LogP contribution in [0, 0.1) is 0 Å². The lowest BCUT2D eigenvalue weighted by Gasteiger charge is -2.11. The van der Waals surface area contributed by atoms with Gasteiger partial charge in [0.1, 0.15) is 22.8 Å². The second-order valence-corrected chi connectivity index (χ2v) is 7.60. The van der Waals surface area contributed by atoms with Crippen molar-refractivity contribution in [3.05, 3.63) is 75.5 Å². The highest BCUT2D eigenvalue weighted by Gasteiger charge is 2.22. The average molecular weight is 456 g/mol. The molecule has 0 aliphatic rings. The minimum Gasteiger partial charge on any atom is -0.507 e. The number of benzene rings is 1. The molecule has 0 spiro atoms. The average Bonchev–Trinajstić information content (AvgIpc) is 2.76. The zero-order valence-electron chi connectivity index (χ0n) is 19.0. The summed E-state index contributed by atoms with van der Waals surface area (Å²) in [6, 6.07) is 8.51. The lowest BCUT2D eigenvalue weighted by atomic mass is 9.99. The van der Waals surface area contributed by atoms with Gasteiger partial charge in [0.05, 0.1) is 6.61 Å². The molecule has 1 heterocycles. The first-order valence-corrected chi connectivity index (χ1v) is 10.7. The highest BCUT2D eigenvalue weighted by molar-refractivity contribution is 6.12. The SMILES string of the molecule is CCCOc1cccc(/C=C(\C)C(=O)c2c(O)cc(C(C)CC/C=C/NC(=O)O)oc2=O)c1. The van der Waals surface area contributed by atoms with Crippen LogP contribution in [0.2, 0.25) is 0 Å². The van der Waals surface area contributed by atoms with Crippen molar-refractivity contribution in [3.8, 4) is 11.5 Å². The molecule has 1 unspecified atom stereocenters. The van der Waals surface area contributed by atoms with E-state index in [-0.39, 0.29) is 17.3 Å². The smallest absolute Gasteiger partial charge is 0.408 e. The predicted octanol–water partition coefficient (Wildman–Crippen LogP) is 5.09. The van der Waals surface area contributed by atoms with E-state index in [1.54, 1.807) is 32.1 Å². The summed E-state index contributed by atoms with van der Waals surface area (Å²) < 4.78 is 10.9. The number of nitrogens with one attached hydrogen (secondary N) is 1. The molecule has 1 amide bonds. The van der Waals surface area contributed by atoms with Gasteiger partial charge in [0.25, 0.3) is 0 Å². The zero-order valence-corrected chi connectivity index (χ0v) is 19.0. The molecule has 0 radical (unpaired) electrons. The number of carboxylic acid groups (broad SMARTS) is 1. The highest BCUT2D eigenvalue weighted by Crippen LogP contribution is 2.26. The molecule has 3 N–H and O–H groups in total. The number of hydrogen-bond donors (Lipinski definition) is 3. The summed E-state index contributed by atoms with van der Waals surface area (Å²) in [5, 5.41) is 21.0. The van der Waals surface area contributed by atoms with Crippen LogP contribution >= 0.6 is 0 Å². The van der Waals surface area contributed by atoms with E-state index in [9.17, 15) is 19.5 Å². The Kier molecular flexibility index (Phi) is 9.47. The molecule has 176 valence electrons. The number of aromatic hydroxyl groups is 1. The molecule has 33 heavy (non-hydrogen) atoms. The van der Waals surface area contributed by atoms with Crippen LogP contribution in [0.3, 0.4) is 0 Å². The van der Waals surface area contributed by atoms with Crippen LogP contribution in [0.5, 0.6) is 11.5 Å². The maximum Gasteiger partial charge on any atom is 0.408 e. The molecule has 2 aromatic rings. The third-order valence-electron chi connectivity index (χ3n) is 4.83. The van der Waals surface area contributed by atoms with Gasteiger partial charge in [-0.2, -0.15) is 0 Å². The predicted molar refractivity (Wildman–Crippen MR) is 125 cm³/mol. The molecule has 1 aromatic heterocycles. The van der Waals surface area contributed by atoms with Gasteiger partial charge in [-0.1, -0.05) is 32.1 Å². The quantitative estimate of drug-likeness (QED) is 0.318. The minimum absolute atomic E-state index is 0.232. The fraction of sp³-hybridized carbons (Fsp3) is 0.320. The summed E-state index contributed by atoms with van der Waals surface area (Å²) in [7, 11) is 0. The summed E-state index contributed by atoms with van der Waals surface area (Å²) in [6.45, 7) is 5.96. The summed E-state index contributed by atoms with van der Waals surface area (Å²) in [5.74, 6) is -0.363. The van der Waals surface area contributed by atoms with Crippen LogP contribution in [-0.4, -0.2) is 28.7 Å².